The molecule has 1 amide bonds. The molecule has 0 aliphatic rings. The molecule has 0 bridgehead atoms. The first-order valence-electron chi connectivity index (χ1n) is 6.80. The van der Waals surface area contributed by atoms with E-state index in [0.29, 0.717) is 17.5 Å². The number of benzene rings is 1. The summed E-state index contributed by atoms with van der Waals surface area (Å²) < 4.78 is 0. The lowest BCUT2D eigenvalue weighted by atomic mass is 10.0. The third-order valence-corrected chi connectivity index (χ3v) is 2.92. The molecule has 0 heterocycles. The third kappa shape index (κ3) is 6.72. The lowest BCUT2D eigenvalue weighted by molar-refractivity contribution is -0.122. The fourth-order valence-electron chi connectivity index (χ4n) is 1.80. The van der Waals surface area contributed by atoms with Gasteiger partial charge in [-0.25, -0.2) is 0 Å². The second-order valence-corrected chi connectivity index (χ2v) is 5.43. The first kappa shape index (κ1) is 16.9. The number of carbonyl (C=O) groups excluding carboxylic acids is 1. The van der Waals surface area contributed by atoms with Gasteiger partial charge in [-0.15, -0.1) is 0 Å². The Kier molecular flexibility index (Phi) is 7.19. The number of nitriles is 1. The summed E-state index contributed by atoms with van der Waals surface area (Å²) in [6, 6.07) is 10.9. The standard InChI is InChI=1S/C15H20N4OS/c1-11(2)10-13(14(20)17-9-8-16)19-15(21)18-12-6-4-3-5-7-12/h3-7,11,13H,9-10H2,1-2H3,(H,17,20)(H2,18,19,21)/t13-/m0/s1. The fourth-order valence-corrected chi connectivity index (χ4v) is 2.06. The highest BCUT2D eigenvalue weighted by Crippen LogP contribution is 2.07. The summed E-state index contributed by atoms with van der Waals surface area (Å²) >= 11 is 5.23. The van der Waals surface area contributed by atoms with Crippen molar-refractivity contribution in [2.24, 2.45) is 5.92 Å². The minimum atomic E-state index is -0.456. The van der Waals surface area contributed by atoms with Crippen LogP contribution >= 0.6 is 12.2 Å². The zero-order valence-electron chi connectivity index (χ0n) is 12.2. The number of hydrogen-bond acceptors (Lipinski definition) is 3. The SMILES string of the molecule is CC(C)C[C@H](NC(=S)Nc1ccccc1)C(=O)NCC#N. The monoisotopic (exact) mass is 304 g/mol. The van der Waals surface area contributed by atoms with Gasteiger partial charge in [0.1, 0.15) is 12.6 Å². The molecule has 0 unspecified atom stereocenters. The van der Waals surface area contributed by atoms with Gasteiger partial charge in [0, 0.05) is 5.69 Å². The lowest BCUT2D eigenvalue weighted by Crippen LogP contribution is -2.48. The molecule has 1 aromatic rings. The summed E-state index contributed by atoms with van der Waals surface area (Å²) in [5.74, 6) is 0.109. The molecule has 0 aliphatic heterocycles. The molecule has 1 aromatic carbocycles. The fraction of sp³-hybridized carbons (Fsp3) is 0.400. The number of rotatable bonds is 6. The van der Waals surface area contributed by atoms with E-state index in [1.807, 2.05) is 50.2 Å². The van der Waals surface area contributed by atoms with Crippen molar-refractivity contribution in [2.45, 2.75) is 26.3 Å². The van der Waals surface area contributed by atoms with Gasteiger partial charge in [-0.2, -0.15) is 5.26 Å². The lowest BCUT2D eigenvalue weighted by Gasteiger charge is -2.21. The maximum absolute atomic E-state index is 12.0. The number of anilines is 1. The summed E-state index contributed by atoms with van der Waals surface area (Å²) in [6.07, 6.45) is 0.633. The average molecular weight is 304 g/mol. The highest BCUT2D eigenvalue weighted by atomic mass is 32.1. The van der Waals surface area contributed by atoms with E-state index in [4.69, 9.17) is 17.5 Å². The normalized spacial score (nSPS) is 11.3. The van der Waals surface area contributed by atoms with E-state index in [0.717, 1.165) is 5.69 Å². The smallest absolute Gasteiger partial charge is 0.243 e. The van der Waals surface area contributed by atoms with Crippen LogP contribution in [0.1, 0.15) is 20.3 Å². The maximum Gasteiger partial charge on any atom is 0.243 e. The maximum atomic E-state index is 12.0. The van der Waals surface area contributed by atoms with Crippen molar-refractivity contribution in [2.75, 3.05) is 11.9 Å². The second kappa shape index (κ2) is 8.93. The molecule has 0 aliphatic carbocycles. The quantitative estimate of drug-likeness (QED) is 0.554. The minimum absolute atomic E-state index is 0.00597. The molecule has 112 valence electrons. The summed E-state index contributed by atoms with van der Waals surface area (Å²) in [4.78, 5) is 12.0. The Morgan fingerprint density at radius 1 is 1.33 bits per heavy atom. The van der Waals surface area contributed by atoms with Crippen LogP contribution in [0.5, 0.6) is 0 Å². The van der Waals surface area contributed by atoms with E-state index in [-0.39, 0.29) is 12.5 Å². The largest absolute Gasteiger partial charge is 0.351 e. The van der Waals surface area contributed by atoms with E-state index in [9.17, 15) is 4.79 Å². The van der Waals surface area contributed by atoms with E-state index < -0.39 is 6.04 Å². The number of para-hydroxylation sites is 1. The van der Waals surface area contributed by atoms with Crippen molar-refractivity contribution in [3.05, 3.63) is 30.3 Å². The van der Waals surface area contributed by atoms with Crippen LogP contribution in [0, 0.1) is 17.2 Å². The van der Waals surface area contributed by atoms with E-state index in [2.05, 4.69) is 16.0 Å². The Morgan fingerprint density at radius 2 is 2.00 bits per heavy atom. The second-order valence-electron chi connectivity index (χ2n) is 5.02. The van der Waals surface area contributed by atoms with Crippen molar-refractivity contribution >= 4 is 28.9 Å². The van der Waals surface area contributed by atoms with Crippen LogP contribution in [-0.4, -0.2) is 23.6 Å². The molecule has 1 atom stereocenters. The van der Waals surface area contributed by atoms with Crippen molar-refractivity contribution in [1.82, 2.24) is 10.6 Å². The van der Waals surface area contributed by atoms with E-state index >= 15 is 0 Å². The van der Waals surface area contributed by atoms with Gasteiger partial charge < -0.3 is 16.0 Å². The van der Waals surface area contributed by atoms with Gasteiger partial charge in [0.05, 0.1) is 6.07 Å². The zero-order valence-corrected chi connectivity index (χ0v) is 13.0. The van der Waals surface area contributed by atoms with Gasteiger partial charge in [0.25, 0.3) is 0 Å². The van der Waals surface area contributed by atoms with Gasteiger partial charge in [-0.3, -0.25) is 4.79 Å². The van der Waals surface area contributed by atoms with Crippen molar-refractivity contribution in [3.63, 3.8) is 0 Å². The average Bonchev–Trinajstić information content (AvgIpc) is 2.44. The molecule has 0 fully saturated rings. The molecule has 0 saturated heterocycles. The van der Waals surface area contributed by atoms with Gasteiger partial charge in [0.15, 0.2) is 5.11 Å². The van der Waals surface area contributed by atoms with Crippen LogP contribution in [0.15, 0.2) is 30.3 Å². The van der Waals surface area contributed by atoms with Crippen molar-refractivity contribution in [3.8, 4) is 6.07 Å². The topological polar surface area (TPSA) is 76.9 Å². The molecule has 0 aromatic heterocycles. The molecular formula is C15H20N4OS. The Bertz CT molecular complexity index is 510. The Labute approximate surface area is 130 Å². The highest BCUT2D eigenvalue weighted by Gasteiger charge is 2.20. The number of thiocarbonyl (C=S) groups is 1. The number of hydrogen-bond donors (Lipinski definition) is 3. The van der Waals surface area contributed by atoms with Crippen LogP contribution in [-0.2, 0) is 4.79 Å². The molecule has 1 rings (SSSR count). The summed E-state index contributed by atoms with van der Waals surface area (Å²) in [6.45, 7) is 4.05. The Morgan fingerprint density at radius 3 is 2.57 bits per heavy atom. The van der Waals surface area contributed by atoms with Gasteiger partial charge in [-0.1, -0.05) is 32.0 Å². The molecule has 0 spiro atoms. The third-order valence-electron chi connectivity index (χ3n) is 2.70. The van der Waals surface area contributed by atoms with Crippen LogP contribution in [0.2, 0.25) is 0 Å². The van der Waals surface area contributed by atoms with Crippen molar-refractivity contribution < 1.29 is 4.79 Å². The summed E-state index contributed by atoms with van der Waals surface area (Å²) in [7, 11) is 0. The summed E-state index contributed by atoms with van der Waals surface area (Å²) in [5, 5.41) is 17.5. The van der Waals surface area contributed by atoms with E-state index in [1.165, 1.54) is 0 Å². The highest BCUT2D eigenvalue weighted by molar-refractivity contribution is 7.80. The molecule has 21 heavy (non-hydrogen) atoms. The van der Waals surface area contributed by atoms with Crippen LogP contribution in [0.25, 0.3) is 0 Å². The molecular weight excluding hydrogens is 284 g/mol. The first-order chi connectivity index (χ1) is 10.0. The Hall–Kier alpha value is -2.13. The number of nitrogens with one attached hydrogen (secondary N) is 3. The van der Waals surface area contributed by atoms with Gasteiger partial charge in [-0.05, 0) is 36.7 Å². The summed E-state index contributed by atoms with van der Waals surface area (Å²) in [5.41, 5.74) is 0.857. The zero-order chi connectivity index (χ0) is 15.7. The molecule has 5 nitrogen and oxygen atoms in total. The number of carbonyl (C=O) groups is 1. The number of amides is 1. The molecule has 0 radical (unpaired) electrons. The minimum Gasteiger partial charge on any atom is -0.351 e. The number of nitrogens with zero attached hydrogens (tertiary/aromatic N) is 1. The predicted molar refractivity (Wildman–Crippen MR) is 87.7 cm³/mol. The van der Waals surface area contributed by atoms with Crippen LogP contribution in [0.3, 0.4) is 0 Å². The molecule has 3 N–H and O–H groups in total. The van der Waals surface area contributed by atoms with E-state index in [1.54, 1.807) is 0 Å². The van der Waals surface area contributed by atoms with Crippen LogP contribution < -0.4 is 16.0 Å². The van der Waals surface area contributed by atoms with Crippen molar-refractivity contribution in [1.29, 1.82) is 5.26 Å². The first-order valence-corrected chi connectivity index (χ1v) is 7.21. The Balaban J connectivity index is 2.61. The van der Waals surface area contributed by atoms with Gasteiger partial charge >= 0.3 is 0 Å². The molecule has 6 heteroatoms. The van der Waals surface area contributed by atoms with Crippen LogP contribution in [0.4, 0.5) is 5.69 Å². The van der Waals surface area contributed by atoms with Gasteiger partial charge in [0.2, 0.25) is 5.91 Å². The molecule has 0 saturated carbocycles. The predicted octanol–water partition coefficient (Wildman–Crippen LogP) is 2.03.